The topological polar surface area (TPSA) is 67.9 Å². The number of hydrogen-bond donors (Lipinski definition) is 1. The van der Waals surface area contributed by atoms with Gasteiger partial charge in [-0.15, -0.1) is 11.3 Å². The molecule has 0 bridgehead atoms. The Morgan fingerprint density at radius 2 is 1.92 bits per heavy atom. The third-order valence-electron chi connectivity index (χ3n) is 4.02. The van der Waals surface area contributed by atoms with Gasteiger partial charge in [0.25, 0.3) is 5.91 Å². The monoisotopic (exact) mass is 376 g/mol. The minimum Gasteiger partial charge on any atom is -0.493 e. The normalized spacial score (nSPS) is 11.5. The number of thiophene rings is 1. The number of amides is 2. The molecule has 0 aliphatic rings. The van der Waals surface area contributed by atoms with Crippen LogP contribution in [0.5, 0.6) is 11.5 Å². The lowest BCUT2D eigenvalue weighted by Crippen LogP contribution is -2.45. The van der Waals surface area contributed by atoms with Crippen LogP contribution in [-0.2, 0) is 11.2 Å². The molecule has 1 aromatic heterocycles. The summed E-state index contributed by atoms with van der Waals surface area (Å²) in [6.45, 7) is 2.23. The van der Waals surface area contributed by atoms with Crippen LogP contribution < -0.4 is 14.8 Å². The summed E-state index contributed by atoms with van der Waals surface area (Å²) in [6.07, 6.45) is 0.675. The fourth-order valence-electron chi connectivity index (χ4n) is 2.51. The van der Waals surface area contributed by atoms with E-state index in [9.17, 15) is 9.59 Å². The van der Waals surface area contributed by atoms with Crippen molar-refractivity contribution in [3.8, 4) is 11.5 Å². The highest BCUT2D eigenvalue weighted by molar-refractivity contribution is 7.12. The lowest BCUT2D eigenvalue weighted by molar-refractivity contribution is -0.131. The molecule has 2 amide bonds. The van der Waals surface area contributed by atoms with Crippen LogP contribution in [0.15, 0.2) is 35.7 Å². The molecule has 0 spiro atoms. The minimum atomic E-state index is -0.583. The van der Waals surface area contributed by atoms with Crippen LogP contribution in [0.2, 0.25) is 0 Å². The number of benzene rings is 1. The van der Waals surface area contributed by atoms with Gasteiger partial charge in [-0.3, -0.25) is 9.59 Å². The molecule has 1 aromatic carbocycles. The second-order valence-corrected chi connectivity index (χ2v) is 6.82. The Kier molecular flexibility index (Phi) is 7.03. The Hall–Kier alpha value is -2.54. The number of likely N-dealkylation sites (N-methyl/N-ethyl adjacent to an activating group) is 1. The van der Waals surface area contributed by atoms with Gasteiger partial charge in [-0.25, -0.2) is 0 Å². The van der Waals surface area contributed by atoms with E-state index in [1.54, 1.807) is 45.2 Å². The van der Waals surface area contributed by atoms with Crippen molar-refractivity contribution in [2.45, 2.75) is 19.4 Å². The smallest absolute Gasteiger partial charge is 0.261 e. The van der Waals surface area contributed by atoms with E-state index in [1.165, 1.54) is 11.3 Å². The molecule has 0 saturated carbocycles. The second kappa shape index (κ2) is 9.24. The van der Waals surface area contributed by atoms with Crippen molar-refractivity contribution in [2.75, 3.05) is 27.8 Å². The van der Waals surface area contributed by atoms with Crippen molar-refractivity contribution in [1.29, 1.82) is 0 Å². The van der Waals surface area contributed by atoms with Crippen LogP contribution in [0.3, 0.4) is 0 Å². The highest BCUT2D eigenvalue weighted by Gasteiger charge is 2.20. The van der Waals surface area contributed by atoms with Gasteiger partial charge in [-0.05, 0) is 42.5 Å². The average Bonchev–Trinajstić information content (AvgIpc) is 3.19. The number of rotatable bonds is 8. The van der Waals surface area contributed by atoms with E-state index in [1.807, 2.05) is 23.6 Å². The van der Waals surface area contributed by atoms with Crippen molar-refractivity contribution >= 4 is 23.2 Å². The Bertz CT molecular complexity index is 746. The quantitative estimate of drug-likeness (QED) is 0.769. The molecule has 1 atom stereocenters. The van der Waals surface area contributed by atoms with E-state index >= 15 is 0 Å². The van der Waals surface area contributed by atoms with Crippen molar-refractivity contribution in [1.82, 2.24) is 10.2 Å². The zero-order valence-electron chi connectivity index (χ0n) is 15.4. The number of nitrogens with zero attached hydrogens (tertiary/aromatic N) is 1. The molecule has 0 saturated heterocycles. The third-order valence-corrected chi connectivity index (χ3v) is 4.89. The van der Waals surface area contributed by atoms with Crippen LogP contribution >= 0.6 is 11.3 Å². The molecular weight excluding hydrogens is 352 g/mol. The molecule has 0 fully saturated rings. The minimum absolute atomic E-state index is 0.129. The van der Waals surface area contributed by atoms with E-state index in [-0.39, 0.29) is 11.8 Å². The number of ether oxygens (including phenoxy) is 2. The first-order valence-corrected chi connectivity index (χ1v) is 9.14. The molecule has 7 heteroatoms. The average molecular weight is 376 g/mol. The molecule has 0 aliphatic heterocycles. The Morgan fingerprint density at radius 1 is 1.19 bits per heavy atom. The number of nitrogens with one attached hydrogen (secondary N) is 1. The van der Waals surface area contributed by atoms with Crippen molar-refractivity contribution < 1.29 is 19.1 Å². The molecule has 0 aliphatic carbocycles. The molecule has 6 nitrogen and oxygen atoms in total. The summed E-state index contributed by atoms with van der Waals surface area (Å²) in [5.41, 5.74) is 1.04. The Balaban J connectivity index is 1.89. The molecule has 1 N–H and O–H groups in total. The molecule has 140 valence electrons. The van der Waals surface area contributed by atoms with Gasteiger partial charge >= 0.3 is 0 Å². The maximum absolute atomic E-state index is 12.5. The summed E-state index contributed by atoms with van der Waals surface area (Å²) in [5.74, 6) is 0.977. The SMILES string of the molecule is COc1ccc(CCN(C)C(=O)[C@H](C)NC(=O)c2cccs2)cc1OC. The molecule has 2 rings (SSSR count). The summed E-state index contributed by atoms with van der Waals surface area (Å²) in [4.78, 5) is 26.7. The number of hydrogen-bond acceptors (Lipinski definition) is 5. The summed E-state index contributed by atoms with van der Waals surface area (Å²) in [5, 5.41) is 4.57. The first-order valence-electron chi connectivity index (χ1n) is 8.26. The highest BCUT2D eigenvalue weighted by atomic mass is 32.1. The van der Waals surface area contributed by atoms with Crippen LogP contribution in [0.25, 0.3) is 0 Å². The van der Waals surface area contributed by atoms with Gasteiger partial charge in [0.15, 0.2) is 11.5 Å². The molecule has 2 aromatic rings. The summed E-state index contributed by atoms with van der Waals surface area (Å²) >= 11 is 1.35. The predicted octanol–water partition coefficient (Wildman–Crippen LogP) is 2.58. The predicted molar refractivity (Wildman–Crippen MR) is 102 cm³/mol. The Labute approximate surface area is 157 Å². The van der Waals surface area contributed by atoms with E-state index in [4.69, 9.17) is 9.47 Å². The number of carbonyl (C=O) groups excluding carboxylic acids is 2. The van der Waals surface area contributed by atoms with Gasteiger partial charge in [-0.2, -0.15) is 0 Å². The van der Waals surface area contributed by atoms with E-state index in [0.29, 0.717) is 29.3 Å². The van der Waals surface area contributed by atoms with Crippen molar-refractivity contribution in [3.05, 3.63) is 46.2 Å². The second-order valence-electron chi connectivity index (χ2n) is 5.87. The van der Waals surface area contributed by atoms with Gasteiger partial charge in [-0.1, -0.05) is 12.1 Å². The first kappa shape index (κ1) is 19.8. The standard InChI is InChI=1S/C19H24N2O4S/c1-13(20-18(22)17-6-5-11-26-17)19(23)21(2)10-9-14-7-8-15(24-3)16(12-14)25-4/h5-8,11-13H,9-10H2,1-4H3,(H,20,22)/t13-/m0/s1. The van der Waals surface area contributed by atoms with E-state index < -0.39 is 6.04 Å². The fraction of sp³-hybridized carbons (Fsp3) is 0.368. The summed E-state index contributed by atoms with van der Waals surface area (Å²) in [6, 6.07) is 8.65. The molecule has 0 unspecified atom stereocenters. The summed E-state index contributed by atoms with van der Waals surface area (Å²) in [7, 11) is 4.92. The fourth-order valence-corrected chi connectivity index (χ4v) is 3.14. The number of carbonyl (C=O) groups is 2. The maximum atomic E-state index is 12.5. The first-order chi connectivity index (χ1) is 12.5. The third kappa shape index (κ3) is 4.98. The maximum Gasteiger partial charge on any atom is 0.261 e. The van der Waals surface area contributed by atoms with Crippen LogP contribution in [0.1, 0.15) is 22.2 Å². The lowest BCUT2D eigenvalue weighted by atomic mass is 10.1. The van der Waals surface area contributed by atoms with Gasteiger partial charge < -0.3 is 19.7 Å². The van der Waals surface area contributed by atoms with Crippen LogP contribution in [0.4, 0.5) is 0 Å². The largest absolute Gasteiger partial charge is 0.493 e. The van der Waals surface area contributed by atoms with Gasteiger partial charge in [0, 0.05) is 13.6 Å². The van der Waals surface area contributed by atoms with Crippen LogP contribution in [-0.4, -0.2) is 50.6 Å². The molecule has 0 radical (unpaired) electrons. The van der Waals surface area contributed by atoms with Crippen molar-refractivity contribution in [3.63, 3.8) is 0 Å². The van der Waals surface area contributed by atoms with Crippen LogP contribution in [0, 0.1) is 0 Å². The lowest BCUT2D eigenvalue weighted by Gasteiger charge is -2.22. The van der Waals surface area contributed by atoms with Gasteiger partial charge in [0.1, 0.15) is 6.04 Å². The van der Waals surface area contributed by atoms with E-state index in [2.05, 4.69) is 5.32 Å². The molecule has 1 heterocycles. The Morgan fingerprint density at radius 3 is 2.54 bits per heavy atom. The zero-order chi connectivity index (χ0) is 19.1. The molecular formula is C19H24N2O4S. The summed E-state index contributed by atoms with van der Waals surface area (Å²) < 4.78 is 10.5. The number of methoxy groups -OCH3 is 2. The van der Waals surface area contributed by atoms with Gasteiger partial charge in [0.05, 0.1) is 19.1 Å². The zero-order valence-corrected chi connectivity index (χ0v) is 16.3. The van der Waals surface area contributed by atoms with Crippen molar-refractivity contribution in [2.24, 2.45) is 0 Å². The molecule has 26 heavy (non-hydrogen) atoms. The van der Waals surface area contributed by atoms with Gasteiger partial charge in [0.2, 0.25) is 5.91 Å². The van der Waals surface area contributed by atoms with E-state index in [0.717, 1.165) is 5.56 Å². The highest BCUT2D eigenvalue weighted by Crippen LogP contribution is 2.27.